The molecule has 3 aromatic rings. The molecule has 3 nitrogen and oxygen atoms in total. The van der Waals surface area contributed by atoms with Crippen molar-refractivity contribution < 1.29 is 0 Å². The summed E-state index contributed by atoms with van der Waals surface area (Å²) in [5.74, 6) is 0.630. The summed E-state index contributed by atoms with van der Waals surface area (Å²) in [6, 6.07) is 13.3. The van der Waals surface area contributed by atoms with Crippen molar-refractivity contribution in [2.45, 2.75) is 24.8 Å². The van der Waals surface area contributed by atoms with Crippen LogP contribution in [0.1, 0.15) is 35.9 Å². The summed E-state index contributed by atoms with van der Waals surface area (Å²) in [6.45, 7) is 1.16. The number of anilines is 1. The molecule has 0 amide bonds. The molecular weight excluding hydrogens is 270 g/mol. The van der Waals surface area contributed by atoms with Crippen LogP contribution < -0.4 is 5.73 Å². The van der Waals surface area contributed by atoms with E-state index >= 15 is 0 Å². The molecule has 5 rings (SSSR count). The van der Waals surface area contributed by atoms with E-state index in [2.05, 4.69) is 42.3 Å². The van der Waals surface area contributed by atoms with Gasteiger partial charge in [-0.3, -0.25) is 4.90 Å². The van der Waals surface area contributed by atoms with Gasteiger partial charge < -0.3 is 5.73 Å². The normalized spacial score (nSPS) is 24.0. The van der Waals surface area contributed by atoms with Crippen molar-refractivity contribution in [3.63, 3.8) is 0 Å². The van der Waals surface area contributed by atoms with Gasteiger partial charge in [0.15, 0.2) is 0 Å². The molecule has 0 saturated carbocycles. The number of nitrogens with two attached hydrogens (primary N) is 1. The minimum atomic E-state index is 0.511. The quantitative estimate of drug-likeness (QED) is 0.505. The highest BCUT2D eigenvalue weighted by Crippen LogP contribution is 2.50. The molecule has 3 heteroatoms. The zero-order valence-corrected chi connectivity index (χ0v) is 12.7. The van der Waals surface area contributed by atoms with Gasteiger partial charge in [0, 0.05) is 16.8 Å². The number of hydrogen-bond donors (Lipinski definition) is 1. The number of benzene rings is 2. The van der Waals surface area contributed by atoms with Gasteiger partial charge in [-0.15, -0.1) is 0 Å². The third kappa shape index (κ3) is 1.47. The topological polar surface area (TPSA) is 42.1 Å². The molecule has 2 N–H and O–H groups in total. The van der Waals surface area contributed by atoms with Gasteiger partial charge in [-0.1, -0.05) is 24.3 Å². The summed E-state index contributed by atoms with van der Waals surface area (Å²) in [7, 11) is 2.24. The number of nitrogens with zero attached hydrogens (tertiary/aromatic N) is 2. The first-order chi connectivity index (χ1) is 10.7. The van der Waals surface area contributed by atoms with Crippen molar-refractivity contribution in [1.82, 2.24) is 9.88 Å². The lowest BCUT2D eigenvalue weighted by molar-refractivity contribution is 0.167. The first kappa shape index (κ1) is 12.4. The standard InChI is InChI=1S/C19H19N3/c1-22-9-8-11-10-16(22)13-6-7-14(20)19-18(13)17(11)12-4-2-3-5-15(12)21-19/h2-7,11,16H,8-10,20H2,1H3/t11-,16+/m1/s1. The Morgan fingerprint density at radius 2 is 2.05 bits per heavy atom. The van der Waals surface area contributed by atoms with Crippen molar-refractivity contribution >= 4 is 27.5 Å². The van der Waals surface area contributed by atoms with Gasteiger partial charge in [0.05, 0.1) is 16.7 Å². The Morgan fingerprint density at radius 3 is 2.95 bits per heavy atom. The maximum atomic E-state index is 6.27. The van der Waals surface area contributed by atoms with Crippen LogP contribution in [0.25, 0.3) is 21.8 Å². The third-order valence-corrected chi connectivity index (χ3v) is 5.57. The summed E-state index contributed by atoms with van der Waals surface area (Å²) < 4.78 is 0. The van der Waals surface area contributed by atoms with E-state index in [4.69, 9.17) is 10.7 Å². The van der Waals surface area contributed by atoms with Crippen LogP contribution in [-0.2, 0) is 0 Å². The monoisotopic (exact) mass is 289 g/mol. The molecule has 2 bridgehead atoms. The predicted octanol–water partition coefficient (Wildman–Crippen LogP) is 3.83. The van der Waals surface area contributed by atoms with E-state index in [1.165, 1.54) is 34.7 Å². The van der Waals surface area contributed by atoms with E-state index in [0.717, 1.165) is 23.3 Å². The molecule has 2 aliphatic rings. The van der Waals surface area contributed by atoms with E-state index in [9.17, 15) is 0 Å². The van der Waals surface area contributed by atoms with Gasteiger partial charge in [0.25, 0.3) is 0 Å². The number of nitrogen functional groups attached to an aromatic ring is 1. The van der Waals surface area contributed by atoms with Crippen LogP contribution in [0.2, 0.25) is 0 Å². The Labute approximate surface area is 129 Å². The van der Waals surface area contributed by atoms with Crippen molar-refractivity contribution in [1.29, 1.82) is 0 Å². The van der Waals surface area contributed by atoms with Gasteiger partial charge in [0.1, 0.15) is 0 Å². The summed E-state index contributed by atoms with van der Waals surface area (Å²) in [5, 5.41) is 2.64. The predicted molar refractivity (Wildman–Crippen MR) is 91.0 cm³/mol. The van der Waals surface area contributed by atoms with E-state index in [-0.39, 0.29) is 0 Å². The molecule has 0 spiro atoms. The Hall–Kier alpha value is -2.13. The molecule has 110 valence electrons. The summed E-state index contributed by atoms with van der Waals surface area (Å²) in [5.41, 5.74) is 12.0. The largest absolute Gasteiger partial charge is 0.397 e. The Kier molecular flexibility index (Phi) is 2.37. The third-order valence-electron chi connectivity index (χ3n) is 5.57. The highest BCUT2D eigenvalue weighted by atomic mass is 15.1. The molecule has 1 fully saturated rings. The van der Waals surface area contributed by atoms with Crippen LogP contribution in [0.3, 0.4) is 0 Å². The summed E-state index contributed by atoms with van der Waals surface area (Å²) in [4.78, 5) is 7.38. The molecule has 2 heterocycles. The Balaban J connectivity index is 2.01. The van der Waals surface area contributed by atoms with Crippen LogP contribution in [0.15, 0.2) is 36.4 Å². The number of aromatic nitrogens is 1. The number of para-hydroxylation sites is 1. The zero-order chi connectivity index (χ0) is 14.8. The summed E-state index contributed by atoms with van der Waals surface area (Å²) in [6.07, 6.45) is 2.45. The SMILES string of the molecule is CN1CC[C@@H]2C[C@H]1c1ccc(N)c3nc4ccccc4c2c13. The smallest absolute Gasteiger partial charge is 0.0945 e. The van der Waals surface area contributed by atoms with Gasteiger partial charge in [-0.05, 0) is 55.6 Å². The van der Waals surface area contributed by atoms with Crippen molar-refractivity contribution in [2.24, 2.45) is 0 Å². The second-order valence-corrected chi connectivity index (χ2v) is 6.73. The number of rotatable bonds is 0. The highest BCUT2D eigenvalue weighted by molar-refractivity contribution is 6.04. The van der Waals surface area contributed by atoms with E-state index in [1.807, 2.05) is 6.07 Å². The van der Waals surface area contributed by atoms with Crippen molar-refractivity contribution in [3.8, 4) is 0 Å². The van der Waals surface area contributed by atoms with Crippen LogP contribution in [0, 0.1) is 0 Å². The average Bonchev–Trinajstić information content (AvgIpc) is 2.55. The van der Waals surface area contributed by atoms with Gasteiger partial charge in [0.2, 0.25) is 0 Å². The molecule has 2 atom stereocenters. The van der Waals surface area contributed by atoms with Crippen LogP contribution in [0.4, 0.5) is 5.69 Å². The number of fused-ring (bicyclic) bond motifs is 6. The minimum absolute atomic E-state index is 0.511. The number of hydrogen-bond acceptors (Lipinski definition) is 3. The first-order valence-corrected chi connectivity index (χ1v) is 8.05. The van der Waals surface area contributed by atoms with Crippen molar-refractivity contribution in [2.75, 3.05) is 19.3 Å². The maximum Gasteiger partial charge on any atom is 0.0945 e. The maximum absolute atomic E-state index is 6.27. The zero-order valence-electron chi connectivity index (χ0n) is 12.7. The number of piperidine rings is 1. The van der Waals surface area contributed by atoms with Gasteiger partial charge in [-0.2, -0.15) is 0 Å². The van der Waals surface area contributed by atoms with E-state index in [1.54, 1.807) is 0 Å². The highest BCUT2D eigenvalue weighted by Gasteiger charge is 2.36. The van der Waals surface area contributed by atoms with Crippen molar-refractivity contribution in [3.05, 3.63) is 47.5 Å². The molecule has 1 aromatic heterocycles. The van der Waals surface area contributed by atoms with Gasteiger partial charge in [-0.25, -0.2) is 4.98 Å². The Morgan fingerprint density at radius 1 is 1.18 bits per heavy atom. The molecule has 0 unspecified atom stereocenters. The fraction of sp³-hybridized carbons (Fsp3) is 0.316. The molecule has 2 aromatic carbocycles. The molecule has 22 heavy (non-hydrogen) atoms. The fourth-order valence-electron chi connectivity index (χ4n) is 4.49. The molecular formula is C19H19N3. The molecule has 1 aliphatic carbocycles. The molecule has 0 radical (unpaired) electrons. The number of pyridine rings is 1. The Bertz CT molecular complexity index is 915. The lowest BCUT2D eigenvalue weighted by atomic mass is 9.74. The first-order valence-electron chi connectivity index (χ1n) is 8.05. The van der Waals surface area contributed by atoms with Crippen LogP contribution in [-0.4, -0.2) is 23.5 Å². The number of likely N-dealkylation sites (tertiary alicyclic amines) is 1. The lowest BCUT2D eigenvalue weighted by Gasteiger charge is -2.42. The van der Waals surface area contributed by atoms with Crippen LogP contribution >= 0.6 is 0 Å². The summed E-state index contributed by atoms with van der Waals surface area (Å²) >= 11 is 0. The van der Waals surface area contributed by atoms with Crippen LogP contribution in [0.5, 0.6) is 0 Å². The second kappa shape index (κ2) is 4.20. The fourth-order valence-corrected chi connectivity index (χ4v) is 4.49. The van der Waals surface area contributed by atoms with Gasteiger partial charge >= 0.3 is 0 Å². The minimum Gasteiger partial charge on any atom is -0.397 e. The van der Waals surface area contributed by atoms with E-state index in [0.29, 0.717) is 12.0 Å². The average molecular weight is 289 g/mol. The lowest BCUT2D eigenvalue weighted by Crippen LogP contribution is -2.35. The molecule has 1 saturated heterocycles. The van der Waals surface area contributed by atoms with E-state index < -0.39 is 0 Å². The molecule has 1 aliphatic heterocycles. The second-order valence-electron chi connectivity index (χ2n) is 6.73.